The van der Waals surface area contributed by atoms with Crippen molar-refractivity contribution in [3.8, 4) is 0 Å². The second kappa shape index (κ2) is 1.64. The molecule has 0 aromatic heterocycles. The molecule has 0 aliphatic carbocycles. The van der Waals surface area contributed by atoms with Gasteiger partial charge in [-0.15, -0.1) is 0 Å². The number of allylic oxidation sites excluding steroid dienone is 1. The fraction of sp³-hybridized carbons (Fsp3) is 0. The fourth-order valence-electron chi connectivity index (χ4n) is 0.427. The average Bonchev–Trinajstić information content (AvgIpc) is 2.12. The van der Waals surface area contributed by atoms with E-state index in [0.717, 1.165) is 0 Å². The highest BCUT2D eigenvalue weighted by Crippen LogP contribution is 1.77. The van der Waals surface area contributed by atoms with Crippen molar-refractivity contribution in [2.75, 3.05) is 0 Å². The lowest BCUT2D eigenvalue weighted by atomic mass is 10.4. The van der Waals surface area contributed by atoms with Crippen molar-refractivity contribution in [3.05, 3.63) is 12.2 Å². The second-order valence-electron chi connectivity index (χ2n) is 1.33. The van der Waals surface area contributed by atoms with E-state index >= 15 is 0 Å². The summed E-state index contributed by atoms with van der Waals surface area (Å²) in [6, 6.07) is 0. The normalized spacial score (nSPS) is 14.2. The summed E-state index contributed by atoms with van der Waals surface area (Å²) in [7, 11) is 0. The van der Waals surface area contributed by atoms with Crippen LogP contribution in [0.1, 0.15) is 0 Å². The minimum atomic E-state index is -0.977. The molecular weight excluding hydrogens is 106 g/mol. The largest absolute Gasteiger partial charge is 0.472 e. The Morgan fingerprint density at radius 1 is 1.75 bits per heavy atom. The summed E-state index contributed by atoms with van der Waals surface area (Å²) in [5, 5.41) is 8.21. The van der Waals surface area contributed by atoms with E-state index in [0.29, 0.717) is 0 Å². The summed E-state index contributed by atoms with van der Waals surface area (Å²) in [6.07, 6.45) is 4.48. The molecule has 8 heavy (non-hydrogen) atoms. The zero-order valence-corrected chi connectivity index (χ0v) is 4.03. The number of aliphatic carboxylic acids is 1. The van der Waals surface area contributed by atoms with E-state index in [9.17, 15) is 4.79 Å². The molecule has 0 aromatic carbocycles. The van der Waals surface area contributed by atoms with Crippen LogP contribution in [0.15, 0.2) is 12.2 Å². The predicted octanol–water partition coefficient (Wildman–Crippen LogP) is -0.780. The van der Waals surface area contributed by atoms with Gasteiger partial charge in [-0.2, -0.15) is 0 Å². The van der Waals surface area contributed by atoms with Crippen LogP contribution in [0.2, 0.25) is 0 Å². The number of carbonyl (C=O) groups is 1. The highest BCUT2D eigenvalue weighted by molar-refractivity contribution is 6.41. The van der Waals surface area contributed by atoms with Crippen LogP contribution in [-0.4, -0.2) is 23.0 Å². The minimum absolute atomic E-state index is 0.102. The van der Waals surface area contributed by atoms with Gasteiger partial charge in [-0.3, -0.25) is 0 Å². The SMILES string of the molecule is O=C(O)C1=[N+]=CC=C1. The van der Waals surface area contributed by atoms with E-state index in [2.05, 4.69) is 4.67 Å². The summed E-state index contributed by atoms with van der Waals surface area (Å²) < 4.78 is 3.52. The molecule has 0 spiro atoms. The first-order valence-electron chi connectivity index (χ1n) is 2.11. The Labute approximate surface area is 45.7 Å². The van der Waals surface area contributed by atoms with Crippen LogP contribution < -0.4 is 4.67 Å². The molecule has 0 radical (unpaired) electrons. The van der Waals surface area contributed by atoms with Crippen molar-refractivity contribution < 1.29 is 9.90 Å². The Balaban J connectivity index is 2.90. The van der Waals surface area contributed by atoms with E-state index in [1.165, 1.54) is 12.3 Å². The quantitative estimate of drug-likeness (QED) is 0.450. The summed E-state index contributed by atoms with van der Waals surface area (Å²) >= 11 is 0. The van der Waals surface area contributed by atoms with E-state index in [1.807, 2.05) is 0 Å². The Morgan fingerprint density at radius 3 is 2.75 bits per heavy atom. The van der Waals surface area contributed by atoms with Crippen molar-refractivity contribution in [1.82, 2.24) is 4.67 Å². The van der Waals surface area contributed by atoms with Gasteiger partial charge in [0.25, 0.3) is 6.21 Å². The van der Waals surface area contributed by atoms with Gasteiger partial charge in [-0.1, -0.05) is 4.67 Å². The van der Waals surface area contributed by atoms with Crippen LogP contribution >= 0.6 is 0 Å². The summed E-state index contributed by atoms with van der Waals surface area (Å²) in [5.41, 5.74) is 0.102. The molecule has 0 unspecified atom stereocenters. The van der Waals surface area contributed by atoms with Gasteiger partial charge in [0.05, 0.1) is 0 Å². The van der Waals surface area contributed by atoms with E-state index in [1.54, 1.807) is 6.08 Å². The van der Waals surface area contributed by atoms with Crippen molar-refractivity contribution >= 4 is 17.9 Å². The third-order valence-electron chi connectivity index (χ3n) is 0.773. The first-order chi connectivity index (χ1) is 3.80. The van der Waals surface area contributed by atoms with Crippen LogP contribution in [0.3, 0.4) is 0 Å². The maximum Gasteiger partial charge on any atom is 0.420 e. The molecule has 0 fully saturated rings. The van der Waals surface area contributed by atoms with Gasteiger partial charge in [0.15, 0.2) is 0 Å². The smallest absolute Gasteiger partial charge is 0.420 e. The molecule has 0 atom stereocenters. The number of rotatable bonds is 1. The van der Waals surface area contributed by atoms with Crippen LogP contribution in [0, 0.1) is 0 Å². The van der Waals surface area contributed by atoms with Gasteiger partial charge in [0.2, 0.25) is 0 Å². The number of carboxylic acids is 1. The monoisotopic (exact) mass is 110 g/mol. The molecule has 0 aromatic rings. The Morgan fingerprint density at radius 2 is 2.50 bits per heavy atom. The van der Waals surface area contributed by atoms with Gasteiger partial charge in [-0.05, 0) is 0 Å². The van der Waals surface area contributed by atoms with Crippen molar-refractivity contribution in [1.29, 1.82) is 0 Å². The standard InChI is InChI=1S/C5H3NO2/c7-5(8)4-2-1-3-6-4/h1-3H/p+1. The van der Waals surface area contributed by atoms with E-state index in [-0.39, 0.29) is 5.71 Å². The third-order valence-corrected chi connectivity index (χ3v) is 0.773. The number of hydrogen-bond donors (Lipinski definition) is 1. The first kappa shape index (κ1) is 4.81. The summed E-state index contributed by atoms with van der Waals surface area (Å²) in [5.74, 6) is -0.977. The van der Waals surface area contributed by atoms with Gasteiger partial charge in [-0.25, -0.2) is 4.79 Å². The van der Waals surface area contributed by atoms with Crippen LogP contribution in [0.5, 0.6) is 0 Å². The molecule has 0 saturated heterocycles. The molecule has 0 saturated carbocycles. The van der Waals surface area contributed by atoms with Crippen LogP contribution in [0.4, 0.5) is 0 Å². The molecule has 40 valence electrons. The topological polar surface area (TPSA) is 51.4 Å². The lowest BCUT2D eigenvalue weighted by Crippen LogP contribution is -2.10. The van der Waals surface area contributed by atoms with E-state index < -0.39 is 5.97 Å². The highest BCUT2D eigenvalue weighted by atomic mass is 16.4. The Bertz CT molecular complexity index is 208. The zero-order valence-electron chi connectivity index (χ0n) is 4.03. The lowest BCUT2D eigenvalue weighted by molar-refractivity contribution is -0.129. The second-order valence-corrected chi connectivity index (χ2v) is 1.33. The molecule has 1 rings (SSSR count). The Hall–Kier alpha value is -1.34. The lowest BCUT2D eigenvalue weighted by Gasteiger charge is -1.68. The molecule has 1 aliphatic heterocycles. The van der Waals surface area contributed by atoms with Crippen molar-refractivity contribution in [2.45, 2.75) is 0 Å². The molecule has 0 bridgehead atoms. The van der Waals surface area contributed by atoms with Gasteiger partial charge in [0, 0.05) is 12.2 Å². The molecule has 1 aliphatic rings. The minimum Gasteiger partial charge on any atom is -0.472 e. The zero-order chi connectivity index (χ0) is 5.98. The third kappa shape index (κ3) is 0.669. The number of hydrogen-bond acceptors (Lipinski definition) is 1. The first-order valence-corrected chi connectivity index (χ1v) is 2.11. The molecule has 3 nitrogen and oxygen atoms in total. The fourth-order valence-corrected chi connectivity index (χ4v) is 0.427. The van der Waals surface area contributed by atoms with Gasteiger partial charge in [0.1, 0.15) is 0 Å². The number of carboxylic acid groups (broad SMARTS) is 1. The maximum absolute atomic E-state index is 10.00. The van der Waals surface area contributed by atoms with Gasteiger partial charge >= 0.3 is 11.7 Å². The molecule has 1 N–H and O–H groups in total. The average molecular weight is 110 g/mol. The van der Waals surface area contributed by atoms with E-state index in [4.69, 9.17) is 5.11 Å². The number of nitrogens with zero attached hydrogens (tertiary/aromatic N) is 1. The van der Waals surface area contributed by atoms with Crippen molar-refractivity contribution in [3.63, 3.8) is 0 Å². The molecular formula is C5H4NO2+. The van der Waals surface area contributed by atoms with Crippen molar-refractivity contribution in [2.24, 2.45) is 0 Å². The summed E-state index contributed by atoms with van der Waals surface area (Å²) in [4.78, 5) is 10.00. The van der Waals surface area contributed by atoms with Crippen LogP contribution in [0.25, 0.3) is 0 Å². The maximum atomic E-state index is 10.00. The Kier molecular flexibility index (Phi) is 0.985. The predicted molar refractivity (Wildman–Crippen MR) is 30.0 cm³/mol. The summed E-state index contributed by atoms with van der Waals surface area (Å²) in [6.45, 7) is 0. The molecule has 3 heteroatoms. The van der Waals surface area contributed by atoms with Crippen LogP contribution in [-0.2, 0) is 4.79 Å². The highest BCUT2D eigenvalue weighted by Gasteiger charge is 2.17. The van der Waals surface area contributed by atoms with Gasteiger partial charge < -0.3 is 5.11 Å². The molecule has 0 amide bonds. The molecule has 1 heterocycles.